The molecule has 0 amide bonds. The van der Waals surface area contributed by atoms with Crippen molar-refractivity contribution < 1.29 is 57.8 Å². The Balaban J connectivity index is 2.31. The molecule has 35 heavy (non-hydrogen) atoms. The highest BCUT2D eigenvalue weighted by atomic mass is 19.4. The van der Waals surface area contributed by atoms with E-state index in [1.807, 2.05) is 0 Å². The topological polar surface area (TPSA) is 70.5 Å². The van der Waals surface area contributed by atoms with Crippen molar-refractivity contribution in [1.29, 1.82) is 0 Å². The molecular formula is C20H9F11N2O2. The lowest BCUT2D eigenvalue weighted by Crippen LogP contribution is -2.20. The zero-order valence-corrected chi connectivity index (χ0v) is 16.5. The molecule has 4 N–H and O–H groups in total. The largest absolute Gasteiger partial charge is 0.453 e. The van der Waals surface area contributed by atoms with Crippen molar-refractivity contribution in [3.63, 3.8) is 0 Å². The molecule has 0 saturated heterocycles. The summed E-state index contributed by atoms with van der Waals surface area (Å²) in [6.07, 6.45) is -12.0. The number of benzene rings is 3. The van der Waals surface area contributed by atoms with E-state index in [2.05, 4.69) is 9.47 Å². The maximum Gasteiger partial charge on any atom is 0.420 e. The Morgan fingerprint density at radius 3 is 1.31 bits per heavy atom. The Morgan fingerprint density at radius 2 is 0.914 bits per heavy atom. The number of nitrogens with two attached hydrogens (primary N) is 2. The van der Waals surface area contributed by atoms with Gasteiger partial charge in [0.1, 0.15) is 39.9 Å². The molecule has 0 aliphatic heterocycles. The number of hydrogen-bond donors (Lipinski definition) is 2. The van der Waals surface area contributed by atoms with Crippen LogP contribution in [0.4, 0.5) is 59.7 Å². The van der Waals surface area contributed by atoms with E-state index in [4.69, 9.17) is 11.5 Å². The van der Waals surface area contributed by atoms with E-state index in [1.54, 1.807) is 0 Å². The Morgan fingerprint density at radius 1 is 0.514 bits per heavy atom. The molecule has 0 aromatic heterocycles. The van der Waals surface area contributed by atoms with Gasteiger partial charge in [-0.15, -0.1) is 0 Å². The lowest BCUT2D eigenvalue weighted by atomic mass is 10.0. The number of nitrogen functional groups attached to an aromatic ring is 2. The van der Waals surface area contributed by atoms with Crippen molar-refractivity contribution in [2.24, 2.45) is 0 Å². The molecule has 0 fully saturated rings. The summed E-state index contributed by atoms with van der Waals surface area (Å²) in [6, 6.07) is 1.69. The highest BCUT2D eigenvalue weighted by Crippen LogP contribution is 2.50. The summed E-state index contributed by atoms with van der Waals surface area (Å²) in [5.41, 5.74) is 2.00. The van der Waals surface area contributed by atoms with Gasteiger partial charge in [0, 0.05) is 6.07 Å². The summed E-state index contributed by atoms with van der Waals surface area (Å²) < 4.78 is 160. The van der Waals surface area contributed by atoms with Gasteiger partial charge in [0.15, 0.2) is 34.7 Å². The lowest BCUT2D eigenvalue weighted by Gasteiger charge is -2.22. The minimum absolute atomic E-state index is 0.0919. The fourth-order valence-electron chi connectivity index (χ4n) is 2.81. The van der Waals surface area contributed by atoms with Crippen LogP contribution < -0.4 is 20.9 Å². The zero-order chi connectivity index (χ0) is 26.5. The smallest absolute Gasteiger partial charge is 0.420 e. The third-order valence-corrected chi connectivity index (χ3v) is 4.38. The molecule has 0 aliphatic rings. The average Bonchev–Trinajstić information content (AvgIpc) is 2.74. The monoisotopic (exact) mass is 518 g/mol. The quantitative estimate of drug-likeness (QED) is 0.284. The summed E-state index contributed by atoms with van der Waals surface area (Å²) in [7, 11) is 0. The van der Waals surface area contributed by atoms with Crippen LogP contribution in [0.1, 0.15) is 11.1 Å². The van der Waals surface area contributed by atoms with Crippen molar-refractivity contribution in [3.8, 4) is 23.0 Å². The molecule has 15 heteroatoms. The maximum absolute atomic E-state index is 14.7. The fourth-order valence-corrected chi connectivity index (χ4v) is 2.81. The maximum atomic E-state index is 14.7. The first-order valence-corrected chi connectivity index (χ1v) is 8.87. The number of halogens is 11. The first-order valence-electron chi connectivity index (χ1n) is 8.87. The normalized spacial score (nSPS) is 12.1. The van der Waals surface area contributed by atoms with Gasteiger partial charge in [0.25, 0.3) is 0 Å². The van der Waals surface area contributed by atoms with Crippen LogP contribution in [0.5, 0.6) is 23.0 Å². The van der Waals surface area contributed by atoms with E-state index >= 15 is 0 Å². The minimum Gasteiger partial charge on any atom is -0.453 e. The van der Waals surface area contributed by atoms with Gasteiger partial charge in [0.2, 0.25) is 0 Å². The highest BCUT2D eigenvalue weighted by molar-refractivity contribution is 5.56. The van der Waals surface area contributed by atoms with Crippen LogP contribution in [0.25, 0.3) is 0 Å². The van der Waals surface area contributed by atoms with Crippen LogP contribution in [0.15, 0.2) is 30.3 Å². The van der Waals surface area contributed by atoms with E-state index < -0.39 is 86.9 Å². The second kappa shape index (κ2) is 8.70. The SMILES string of the molecule is Nc1c(F)ccc(Oc2cc(Oc3ccc(F)c(N)c3F)c(C(F)(F)F)c(C(F)(F)F)c2F)c1F. The van der Waals surface area contributed by atoms with Gasteiger partial charge in [-0.1, -0.05) is 0 Å². The standard InChI is InChI=1S/C20H9F11N2O2/c21-6-1-3-8(15(24)17(6)32)34-10-5-11(35-9-4-2-7(22)18(33)16(9)25)14(23)13(20(29,30)31)12(10)19(26,27)28/h1-5H,32-33H2. The van der Waals surface area contributed by atoms with Crippen LogP contribution in [0.2, 0.25) is 0 Å². The Bertz CT molecular complexity index is 1300. The summed E-state index contributed by atoms with van der Waals surface area (Å²) in [6.45, 7) is 0. The molecule has 0 bridgehead atoms. The van der Waals surface area contributed by atoms with Crippen LogP contribution >= 0.6 is 0 Å². The third-order valence-electron chi connectivity index (χ3n) is 4.38. The Kier molecular flexibility index (Phi) is 6.39. The van der Waals surface area contributed by atoms with Crippen molar-refractivity contribution in [2.45, 2.75) is 12.4 Å². The molecule has 0 radical (unpaired) electrons. The predicted molar refractivity (Wildman–Crippen MR) is 98.1 cm³/mol. The molecule has 0 unspecified atom stereocenters. The zero-order valence-electron chi connectivity index (χ0n) is 16.5. The highest BCUT2D eigenvalue weighted by Gasteiger charge is 2.49. The molecular weight excluding hydrogens is 509 g/mol. The average molecular weight is 518 g/mol. The second-order valence-corrected chi connectivity index (χ2v) is 6.68. The van der Waals surface area contributed by atoms with Crippen LogP contribution in [0.3, 0.4) is 0 Å². The first-order chi connectivity index (χ1) is 16.0. The van der Waals surface area contributed by atoms with E-state index in [-0.39, 0.29) is 6.07 Å². The van der Waals surface area contributed by atoms with Crippen molar-refractivity contribution in [2.75, 3.05) is 11.5 Å². The van der Waals surface area contributed by atoms with Gasteiger partial charge in [-0.3, -0.25) is 0 Å². The predicted octanol–water partition coefficient (Wildman–Crippen LogP) is 7.17. The number of hydrogen-bond acceptors (Lipinski definition) is 4. The molecule has 4 nitrogen and oxygen atoms in total. The van der Waals surface area contributed by atoms with Gasteiger partial charge < -0.3 is 20.9 Å². The molecule has 188 valence electrons. The number of anilines is 2. The summed E-state index contributed by atoms with van der Waals surface area (Å²) in [4.78, 5) is 0. The Hall–Kier alpha value is -3.91. The van der Waals surface area contributed by atoms with Gasteiger partial charge in [-0.05, 0) is 24.3 Å². The summed E-state index contributed by atoms with van der Waals surface area (Å²) in [5.74, 6) is -14.8. The van der Waals surface area contributed by atoms with E-state index in [1.165, 1.54) is 0 Å². The van der Waals surface area contributed by atoms with Gasteiger partial charge in [-0.2, -0.15) is 26.3 Å². The summed E-state index contributed by atoms with van der Waals surface area (Å²) >= 11 is 0. The molecule has 3 aromatic rings. The summed E-state index contributed by atoms with van der Waals surface area (Å²) in [5, 5.41) is 0. The van der Waals surface area contributed by atoms with Gasteiger partial charge in [-0.25, -0.2) is 22.0 Å². The number of ether oxygens (including phenoxy) is 2. The van der Waals surface area contributed by atoms with Crippen LogP contribution in [0, 0.1) is 29.1 Å². The van der Waals surface area contributed by atoms with Gasteiger partial charge >= 0.3 is 12.4 Å². The number of rotatable bonds is 4. The molecule has 3 rings (SSSR count). The second-order valence-electron chi connectivity index (χ2n) is 6.68. The van der Waals surface area contributed by atoms with Crippen LogP contribution in [-0.2, 0) is 12.4 Å². The van der Waals surface area contributed by atoms with Crippen molar-refractivity contribution in [1.82, 2.24) is 0 Å². The van der Waals surface area contributed by atoms with E-state index in [0.717, 1.165) is 0 Å². The lowest BCUT2D eigenvalue weighted by molar-refractivity contribution is -0.164. The first kappa shape index (κ1) is 25.7. The van der Waals surface area contributed by atoms with Crippen molar-refractivity contribution >= 4 is 11.4 Å². The molecule has 0 aliphatic carbocycles. The van der Waals surface area contributed by atoms with Gasteiger partial charge in [0.05, 0.1) is 0 Å². The molecule has 0 saturated carbocycles. The molecule has 0 heterocycles. The minimum atomic E-state index is -6.03. The molecule has 3 aromatic carbocycles. The van der Waals surface area contributed by atoms with E-state index in [9.17, 15) is 48.3 Å². The Labute approximate surface area is 187 Å². The van der Waals surface area contributed by atoms with Crippen molar-refractivity contribution in [3.05, 3.63) is 70.5 Å². The number of alkyl halides is 6. The van der Waals surface area contributed by atoms with E-state index in [0.29, 0.717) is 24.3 Å². The van der Waals surface area contributed by atoms with Crippen LogP contribution in [-0.4, -0.2) is 0 Å². The fraction of sp³-hybridized carbons (Fsp3) is 0.100. The third kappa shape index (κ3) is 4.83. The molecule has 0 atom stereocenters. The molecule has 0 spiro atoms.